The number of carbonyl (C=O) groups excluding carboxylic acids is 1. The minimum atomic E-state index is -0.0185. The van der Waals surface area contributed by atoms with E-state index in [9.17, 15) is 4.79 Å². The molecule has 0 N–H and O–H groups in total. The van der Waals surface area contributed by atoms with E-state index in [-0.39, 0.29) is 5.91 Å². The van der Waals surface area contributed by atoms with Crippen molar-refractivity contribution in [1.29, 1.82) is 0 Å². The molecular formula is C22H24N2O3S. The first-order chi connectivity index (χ1) is 13.7. The predicted octanol–water partition coefficient (Wildman–Crippen LogP) is 4.78. The van der Waals surface area contributed by atoms with Crippen LogP contribution in [0.1, 0.15) is 35.0 Å². The van der Waals surface area contributed by atoms with Crippen molar-refractivity contribution in [2.75, 3.05) is 13.7 Å². The van der Waals surface area contributed by atoms with Crippen molar-refractivity contribution in [2.45, 2.75) is 26.5 Å². The lowest BCUT2D eigenvalue weighted by molar-refractivity contribution is 0.0742. The van der Waals surface area contributed by atoms with E-state index >= 15 is 0 Å². The van der Waals surface area contributed by atoms with Crippen LogP contribution in [-0.4, -0.2) is 29.4 Å². The molecule has 0 atom stereocenters. The first kappa shape index (κ1) is 19.9. The zero-order chi connectivity index (χ0) is 19.8. The molecule has 0 saturated carbocycles. The van der Waals surface area contributed by atoms with Crippen LogP contribution in [0.5, 0.6) is 11.5 Å². The third-order valence-corrected chi connectivity index (χ3v) is 4.90. The smallest absolute Gasteiger partial charge is 0.254 e. The number of nitrogens with zero attached hydrogens (tertiary/aromatic N) is 2. The lowest BCUT2D eigenvalue weighted by Gasteiger charge is -2.23. The lowest BCUT2D eigenvalue weighted by atomic mass is 10.1. The Balaban J connectivity index is 1.75. The predicted molar refractivity (Wildman–Crippen MR) is 111 cm³/mol. The fourth-order valence-corrected chi connectivity index (χ4v) is 3.43. The molecule has 1 aromatic heterocycles. The fourth-order valence-electron chi connectivity index (χ4n) is 2.89. The monoisotopic (exact) mass is 396 g/mol. The number of rotatable bonds is 9. The van der Waals surface area contributed by atoms with Gasteiger partial charge >= 0.3 is 0 Å². The number of carbonyl (C=O) groups is 1. The average Bonchev–Trinajstić information content (AvgIpc) is 3.26. The number of ether oxygens (including phenoxy) is 2. The Morgan fingerprint density at radius 1 is 1.14 bits per heavy atom. The van der Waals surface area contributed by atoms with Gasteiger partial charge in [-0.1, -0.05) is 37.3 Å². The summed E-state index contributed by atoms with van der Waals surface area (Å²) < 4.78 is 11.3. The van der Waals surface area contributed by atoms with Crippen molar-refractivity contribution in [2.24, 2.45) is 0 Å². The highest BCUT2D eigenvalue weighted by molar-refractivity contribution is 7.07. The number of hydrogen-bond donors (Lipinski definition) is 0. The molecule has 2 aromatic carbocycles. The Kier molecular flexibility index (Phi) is 7.03. The normalized spacial score (nSPS) is 10.5. The third kappa shape index (κ3) is 5.10. The average molecular weight is 397 g/mol. The Labute approximate surface area is 169 Å². The highest BCUT2D eigenvalue weighted by Crippen LogP contribution is 2.29. The van der Waals surface area contributed by atoms with Crippen molar-refractivity contribution in [3.63, 3.8) is 0 Å². The maximum absolute atomic E-state index is 13.1. The summed E-state index contributed by atoms with van der Waals surface area (Å²) in [6.45, 7) is 3.71. The zero-order valence-corrected chi connectivity index (χ0v) is 16.9. The van der Waals surface area contributed by atoms with Gasteiger partial charge in [0.25, 0.3) is 5.91 Å². The van der Waals surface area contributed by atoms with E-state index in [2.05, 4.69) is 11.9 Å². The van der Waals surface area contributed by atoms with Gasteiger partial charge in [-0.2, -0.15) is 0 Å². The summed E-state index contributed by atoms with van der Waals surface area (Å²) in [7, 11) is 1.58. The topological polar surface area (TPSA) is 51.7 Å². The number of aromatic nitrogens is 1. The van der Waals surface area contributed by atoms with Crippen molar-refractivity contribution in [3.05, 3.63) is 76.2 Å². The second-order valence-electron chi connectivity index (χ2n) is 6.35. The molecular weight excluding hydrogens is 372 g/mol. The van der Waals surface area contributed by atoms with Gasteiger partial charge in [-0.05, 0) is 30.2 Å². The first-order valence-electron chi connectivity index (χ1n) is 9.22. The second-order valence-corrected chi connectivity index (χ2v) is 7.07. The number of thiazole rings is 1. The molecule has 3 rings (SSSR count). The largest absolute Gasteiger partial charge is 0.493 e. The molecule has 0 spiro atoms. The Bertz CT molecular complexity index is 882. The van der Waals surface area contributed by atoms with Gasteiger partial charge in [-0.25, -0.2) is 4.98 Å². The summed E-state index contributed by atoms with van der Waals surface area (Å²) in [5.74, 6) is 1.12. The van der Waals surface area contributed by atoms with Gasteiger partial charge < -0.3 is 14.4 Å². The molecule has 146 valence electrons. The summed E-state index contributed by atoms with van der Waals surface area (Å²) in [5, 5.41) is 1.94. The van der Waals surface area contributed by atoms with Gasteiger partial charge in [-0.3, -0.25) is 4.79 Å². The van der Waals surface area contributed by atoms with Gasteiger partial charge in [-0.15, -0.1) is 11.3 Å². The van der Waals surface area contributed by atoms with Crippen LogP contribution < -0.4 is 9.47 Å². The van der Waals surface area contributed by atoms with Crippen molar-refractivity contribution in [1.82, 2.24) is 9.88 Å². The summed E-state index contributed by atoms with van der Waals surface area (Å²) in [6.07, 6.45) is 0.893. The van der Waals surface area contributed by atoms with E-state index in [1.54, 1.807) is 30.8 Å². The highest BCUT2D eigenvalue weighted by atomic mass is 32.1. The van der Waals surface area contributed by atoms with Crippen LogP contribution in [0.3, 0.4) is 0 Å². The molecule has 0 aliphatic carbocycles. The molecule has 0 bridgehead atoms. The molecule has 0 unspecified atom stereocenters. The number of amides is 1. The maximum atomic E-state index is 13.1. The minimum absolute atomic E-state index is 0.0185. The Hall–Kier alpha value is -2.86. The van der Waals surface area contributed by atoms with E-state index in [0.717, 1.165) is 17.7 Å². The SMILES string of the molecule is CCCN(Cc1ccccc1)C(=O)c1ccc(OCc2cscn2)c(OC)c1. The van der Waals surface area contributed by atoms with Gasteiger partial charge in [0, 0.05) is 24.0 Å². The van der Waals surface area contributed by atoms with E-state index in [0.29, 0.717) is 36.8 Å². The third-order valence-electron chi connectivity index (χ3n) is 4.27. The molecule has 3 aromatic rings. The van der Waals surface area contributed by atoms with Crippen LogP contribution in [0, 0.1) is 0 Å². The van der Waals surface area contributed by atoms with E-state index in [1.165, 1.54) is 11.3 Å². The lowest BCUT2D eigenvalue weighted by Crippen LogP contribution is -2.31. The Morgan fingerprint density at radius 2 is 1.96 bits per heavy atom. The number of hydrogen-bond acceptors (Lipinski definition) is 5. The molecule has 1 amide bonds. The van der Waals surface area contributed by atoms with Gasteiger partial charge in [0.15, 0.2) is 11.5 Å². The quantitative estimate of drug-likeness (QED) is 0.522. The van der Waals surface area contributed by atoms with Crippen LogP contribution in [-0.2, 0) is 13.2 Å². The van der Waals surface area contributed by atoms with Crippen LogP contribution in [0.15, 0.2) is 59.4 Å². The summed E-state index contributed by atoms with van der Waals surface area (Å²) >= 11 is 1.53. The molecule has 0 saturated heterocycles. The van der Waals surface area contributed by atoms with E-state index in [4.69, 9.17) is 9.47 Å². The van der Waals surface area contributed by atoms with Crippen LogP contribution in [0.2, 0.25) is 0 Å². The van der Waals surface area contributed by atoms with Gasteiger partial charge in [0.1, 0.15) is 6.61 Å². The summed E-state index contributed by atoms with van der Waals surface area (Å²) in [5.41, 5.74) is 4.33. The molecule has 1 heterocycles. The summed E-state index contributed by atoms with van der Waals surface area (Å²) in [6, 6.07) is 15.3. The number of benzene rings is 2. The molecule has 28 heavy (non-hydrogen) atoms. The second kappa shape index (κ2) is 9.90. The zero-order valence-electron chi connectivity index (χ0n) is 16.1. The highest BCUT2D eigenvalue weighted by Gasteiger charge is 2.18. The Morgan fingerprint density at radius 3 is 2.64 bits per heavy atom. The van der Waals surface area contributed by atoms with Gasteiger partial charge in [0.05, 0.1) is 18.3 Å². The number of methoxy groups -OCH3 is 1. The molecule has 5 nitrogen and oxygen atoms in total. The van der Waals surface area contributed by atoms with Crippen LogP contribution in [0.4, 0.5) is 0 Å². The molecule has 6 heteroatoms. The van der Waals surface area contributed by atoms with E-state index in [1.807, 2.05) is 40.6 Å². The van der Waals surface area contributed by atoms with Crippen molar-refractivity contribution in [3.8, 4) is 11.5 Å². The maximum Gasteiger partial charge on any atom is 0.254 e. The standard InChI is InChI=1S/C22H24N2O3S/c1-3-11-24(13-17-7-5-4-6-8-17)22(25)18-9-10-20(21(12-18)26-2)27-14-19-15-28-16-23-19/h4-10,12,15-16H,3,11,13-14H2,1-2H3. The molecule has 0 aliphatic heterocycles. The summed E-state index contributed by atoms with van der Waals surface area (Å²) in [4.78, 5) is 19.2. The molecule has 0 aliphatic rings. The van der Waals surface area contributed by atoms with Crippen LogP contribution in [0.25, 0.3) is 0 Å². The molecule has 0 fully saturated rings. The van der Waals surface area contributed by atoms with Crippen LogP contribution >= 0.6 is 11.3 Å². The van der Waals surface area contributed by atoms with Gasteiger partial charge in [0.2, 0.25) is 0 Å². The first-order valence-corrected chi connectivity index (χ1v) is 10.2. The fraction of sp³-hybridized carbons (Fsp3) is 0.273. The van der Waals surface area contributed by atoms with E-state index < -0.39 is 0 Å². The minimum Gasteiger partial charge on any atom is -0.493 e. The molecule has 0 radical (unpaired) electrons. The van der Waals surface area contributed by atoms with Crippen molar-refractivity contribution < 1.29 is 14.3 Å². The van der Waals surface area contributed by atoms with Crippen molar-refractivity contribution >= 4 is 17.2 Å².